The second-order valence-corrected chi connectivity index (χ2v) is 9.11. The molecule has 1 aliphatic heterocycles. The van der Waals surface area contributed by atoms with Crippen molar-refractivity contribution in [3.63, 3.8) is 0 Å². The maximum atomic E-state index is 12.7. The van der Waals surface area contributed by atoms with Crippen LogP contribution in [-0.2, 0) is 26.0 Å². The summed E-state index contributed by atoms with van der Waals surface area (Å²) in [5, 5.41) is 0.452. The van der Waals surface area contributed by atoms with Gasteiger partial charge in [0.2, 0.25) is 0 Å². The van der Waals surface area contributed by atoms with E-state index in [0.29, 0.717) is 23.2 Å². The molecule has 3 aromatic rings. The summed E-state index contributed by atoms with van der Waals surface area (Å²) >= 11 is 0. The predicted molar refractivity (Wildman–Crippen MR) is 108 cm³/mol. The van der Waals surface area contributed by atoms with Crippen LogP contribution in [0.15, 0.2) is 47.8 Å². The summed E-state index contributed by atoms with van der Waals surface area (Å²) in [5.74, 6) is 0.920. The minimum absolute atomic E-state index is 0.251. The quantitative estimate of drug-likeness (QED) is 0.668. The van der Waals surface area contributed by atoms with Crippen LogP contribution in [0.3, 0.4) is 0 Å². The standard InChI is InChI=1S/C21H23N3O4S/c25-29(20-23-17-4-1-2-5-18(17)24-20)12-15-10-16(6-9-22-15)26-11-19-27-13-21(14-28-19)7-3-8-21/h1-2,4-6,9-10,19H,3,7-8,11-14H2,(H,23,24). The van der Waals surface area contributed by atoms with Gasteiger partial charge in [0.1, 0.15) is 12.4 Å². The lowest BCUT2D eigenvalue weighted by molar-refractivity contribution is -0.253. The van der Waals surface area contributed by atoms with E-state index in [1.807, 2.05) is 24.3 Å². The predicted octanol–water partition coefficient (Wildman–Crippen LogP) is 3.19. The highest BCUT2D eigenvalue weighted by Gasteiger charge is 2.42. The smallest absolute Gasteiger partial charge is 0.197 e. The molecule has 0 bridgehead atoms. The number of nitrogens with zero attached hydrogens (tertiary/aromatic N) is 2. The number of aromatic nitrogens is 3. The molecule has 152 valence electrons. The molecule has 1 spiro atoms. The zero-order valence-electron chi connectivity index (χ0n) is 16.0. The summed E-state index contributed by atoms with van der Waals surface area (Å²) in [6, 6.07) is 11.2. The minimum atomic E-state index is -1.32. The monoisotopic (exact) mass is 413 g/mol. The highest BCUT2D eigenvalue weighted by molar-refractivity contribution is 7.84. The van der Waals surface area contributed by atoms with Crippen LogP contribution < -0.4 is 4.74 Å². The molecule has 2 fully saturated rings. The average Bonchev–Trinajstić information content (AvgIpc) is 3.16. The molecule has 1 aliphatic carbocycles. The Morgan fingerprint density at radius 1 is 1.21 bits per heavy atom. The molecule has 0 amide bonds. The molecule has 1 saturated heterocycles. The number of rotatable bonds is 6. The minimum Gasteiger partial charge on any atom is -0.488 e. The van der Waals surface area contributed by atoms with Crippen LogP contribution in [0.5, 0.6) is 5.75 Å². The van der Waals surface area contributed by atoms with Crippen molar-refractivity contribution in [1.29, 1.82) is 0 Å². The Morgan fingerprint density at radius 3 is 2.79 bits per heavy atom. The topological polar surface area (TPSA) is 86.3 Å². The highest BCUT2D eigenvalue weighted by Crippen LogP contribution is 2.43. The number of aromatic amines is 1. The molecule has 3 heterocycles. The maximum absolute atomic E-state index is 12.7. The van der Waals surface area contributed by atoms with Crippen LogP contribution in [0.25, 0.3) is 11.0 Å². The zero-order valence-corrected chi connectivity index (χ0v) is 16.8. The Balaban J connectivity index is 1.18. The van der Waals surface area contributed by atoms with Crippen molar-refractivity contribution >= 4 is 21.8 Å². The molecule has 5 rings (SSSR count). The number of para-hydroxylation sites is 2. The van der Waals surface area contributed by atoms with Crippen LogP contribution in [0.2, 0.25) is 0 Å². The normalized spacial score (nSPS) is 19.9. The average molecular weight is 413 g/mol. The Hall–Kier alpha value is -2.29. The first-order valence-electron chi connectivity index (χ1n) is 9.83. The summed E-state index contributed by atoms with van der Waals surface area (Å²) in [4.78, 5) is 11.8. The van der Waals surface area contributed by atoms with Crippen molar-refractivity contribution in [3.05, 3.63) is 48.3 Å². The number of hydrogen-bond donors (Lipinski definition) is 1. The fraction of sp³-hybridized carbons (Fsp3) is 0.429. The van der Waals surface area contributed by atoms with Crippen molar-refractivity contribution in [2.75, 3.05) is 19.8 Å². The van der Waals surface area contributed by atoms with Gasteiger partial charge in [-0.3, -0.25) is 9.19 Å². The first kappa shape index (κ1) is 18.7. The molecule has 29 heavy (non-hydrogen) atoms. The number of nitrogens with one attached hydrogen (secondary N) is 1. The van der Waals surface area contributed by atoms with Gasteiger partial charge in [0.25, 0.3) is 0 Å². The molecule has 1 saturated carbocycles. The molecular weight excluding hydrogens is 390 g/mol. The third kappa shape index (κ3) is 4.05. The number of hydrogen-bond acceptors (Lipinski definition) is 6. The Morgan fingerprint density at radius 2 is 2.03 bits per heavy atom. The highest BCUT2D eigenvalue weighted by atomic mass is 32.2. The fourth-order valence-corrected chi connectivity index (χ4v) is 4.71. The van der Waals surface area contributed by atoms with E-state index in [9.17, 15) is 4.21 Å². The summed E-state index contributed by atoms with van der Waals surface area (Å²) in [6.45, 7) is 1.82. The van der Waals surface area contributed by atoms with E-state index in [0.717, 1.165) is 24.2 Å². The molecule has 8 heteroatoms. The number of benzene rings is 1. The first-order chi connectivity index (χ1) is 14.2. The van der Waals surface area contributed by atoms with E-state index >= 15 is 0 Å². The van der Waals surface area contributed by atoms with Crippen molar-refractivity contribution in [3.8, 4) is 5.75 Å². The summed E-state index contributed by atoms with van der Waals surface area (Å²) in [5.41, 5.74) is 2.61. The maximum Gasteiger partial charge on any atom is 0.197 e. The van der Waals surface area contributed by atoms with E-state index < -0.39 is 10.8 Å². The summed E-state index contributed by atoms with van der Waals surface area (Å²) in [6.07, 6.45) is 4.96. The van der Waals surface area contributed by atoms with Crippen LogP contribution in [0.4, 0.5) is 0 Å². The number of imidazole rings is 1. The van der Waals surface area contributed by atoms with Gasteiger partial charge in [-0.15, -0.1) is 0 Å². The second kappa shape index (κ2) is 7.85. The second-order valence-electron chi connectivity index (χ2n) is 7.75. The van der Waals surface area contributed by atoms with Crippen molar-refractivity contribution in [1.82, 2.24) is 15.0 Å². The van der Waals surface area contributed by atoms with E-state index in [-0.39, 0.29) is 17.5 Å². The molecule has 7 nitrogen and oxygen atoms in total. The summed E-state index contributed by atoms with van der Waals surface area (Å²) < 4.78 is 30.2. The van der Waals surface area contributed by atoms with Crippen LogP contribution in [-0.4, -0.2) is 45.3 Å². The molecule has 1 unspecified atom stereocenters. The largest absolute Gasteiger partial charge is 0.488 e. The molecular formula is C21H23N3O4S. The lowest BCUT2D eigenvalue weighted by atomic mass is 9.70. The van der Waals surface area contributed by atoms with Crippen molar-refractivity contribution in [2.45, 2.75) is 36.5 Å². The SMILES string of the molecule is O=S(Cc1cc(OCC2OCC3(CCC3)CO2)ccn1)c1nc2ccccc2[nH]1. The van der Waals surface area contributed by atoms with Crippen LogP contribution >= 0.6 is 0 Å². The van der Waals surface area contributed by atoms with Crippen LogP contribution in [0.1, 0.15) is 25.0 Å². The number of fused-ring (bicyclic) bond motifs is 1. The van der Waals surface area contributed by atoms with Gasteiger partial charge in [0.05, 0.1) is 46.5 Å². The third-order valence-electron chi connectivity index (χ3n) is 5.60. The van der Waals surface area contributed by atoms with Gasteiger partial charge in [0, 0.05) is 17.7 Å². The Labute approximate surface area is 171 Å². The number of H-pyrrole nitrogens is 1. The van der Waals surface area contributed by atoms with Crippen molar-refractivity contribution in [2.24, 2.45) is 5.41 Å². The lowest BCUT2D eigenvalue weighted by Gasteiger charge is -2.45. The molecule has 2 aliphatic rings. The van der Waals surface area contributed by atoms with Gasteiger partial charge >= 0.3 is 0 Å². The molecule has 2 aromatic heterocycles. The molecule has 0 radical (unpaired) electrons. The van der Waals surface area contributed by atoms with E-state index in [4.69, 9.17) is 14.2 Å². The van der Waals surface area contributed by atoms with E-state index in [1.165, 1.54) is 19.3 Å². The Kier molecular flexibility index (Phi) is 5.07. The van der Waals surface area contributed by atoms with Crippen molar-refractivity contribution < 1.29 is 18.4 Å². The molecule has 1 aromatic carbocycles. The van der Waals surface area contributed by atoms with E-state index in [2.05, 4.69) is 15.0 Å². The number of ether oxygens (including phenoxy) is 3. The van der Waals surface area contributed by atoms with Gasteiger partial charge in [-0.25, -0.2) is 4.98 Å². The fourth-order valence-electron chi connectivity index (χ4n) is 3.72. The first-order valence-corrected chi connectivity index (χ1v) is 11.2. The van der Waals surface area contributed by atoms with Gasteiger partial charge < -0.3 is 19.2 Å². The zero-order chi connectivity index (χ0) is 19.7. The molecule has 1 N–H and O–H groups in total. The van der Waals surface area contributed by atoms with E-state index in [1.54, 1.807) is 18.3 Å². The Bertz CT molecular complexity index is 990. The number of pyridine rings is 1. The summed E-state index contributed by atoms with van der Waals surface area (Å²) in [7, 11) is -1.32. The van der Waals surface area contributed by atoms with Gasteiger partial charge in [0.15, 0.2) is 11.4 Å². The van der Waals surface area contributed by atoms with Gasteiger partial charge in [-0.1, -0.05) is 18.6 Å². The van der Waals surface area contributed by atoms with Gasteiger partial charge in [-0.2, -0.15) is 0 Å². The molecule has 1 atom stereocenters. The van der Waals surface area contributed by atoms with Crippen LogP contribution in [0, 0.1) is 5.41 Å². The third-order valence-corrected chi connectivity index (χ3v) is 6.78. The van der Waals surface area contributed by atoms with Gasteiger partial charge in [-0.05, 0) is 31.0 Å². The lowest BCUT2D eigenvalue weighted by Crippen LogP contribution is -2.47.